The lowest BCUT2D eigenvalue weighted by Gasteiger charge is -2.33. The molecule has 2 unspecified atom stereocenters. The van der Waals surface area contributed by atoms with Crippen molar-refractivity contribution in [3.05, 3.63) is 65.2 Å². The van der Waals surface area contributed by atoms with Gasteiger partial charge in [-0.1, -0.05) is 36.4 Å². The van der Waals surface area contributed by atoms with Gasteiger partial charge in [0.1, 0.15) is 5.75 Å². The molecule has 2 aromatic rings. The number of benzene rings is 2. The van der Waals surface area contributed by atoms with Gasteiger partial charge in [-0.05, 0) is 54.6 Å². The summed E-state index contributed by atoms with van der Waals surface area (Å²) >= 11 is 0. The largest absolute Gasteiger partial charge is 0.497 e. The van der Waals surface area contributed by atoms with Crippen LogP contribution in [-0.4, -0.2) is 14.2 Å². The van der Waals surface area contributed by atoms with Crippen LogP contribution in [-0.2, 0) is 6.42 Å². The lowest BCUT2D eigenvalue weighted by Crippen LogP contribution is -2.25. The highest BCUT2D eigenvalue weighted by Gasteiger charge is 2.28. The molecule has 0 amide bonds. The molecule has 0 saturated carbocycles. The maximum Gasteiger partial charge on any atom is 0.119 e. The number of fused-ring (bicyclic) bond motifs is 1. The standard InChI is InChI=1S/C18H21NO/c1-19-18(14-7-5-8-16(11-14)20-2)12-15-10-13-6-3-4-9-17(13)15/h3-9,11,15,18-19H,10,12H2,1-2H3. The van der Waals surface area contributed by atoms with E-state index in [0.717, 1.165) is 12.2 Å². The van der Waals surface area contributed by atoms with Crippen LogP contribution in [0.3, 0.4) is 0 Å². The molecule has 0 heterocycles. The third-order valence-electron chi connectivity index (χ3n) is 4.33. The summed E-state index contributed by atoms with van der Waals surface area (Å²) in [5.74, 6) is 1.60. The first kappa shape index (κ1) is 13.2. The van der Waals surface area contributed by atoms with Gasteiger partial charge in [0, 0.05) is 6.04 Å². The SMILES string of the molecule is CNC(CC1Cc2ccccc21)c1cccc(OC)c1. The van der Waals surface area contributed by atoms with Crippen molar-refractivity contribution in [1.82, 2.24) is 5.32 Å². The minimum Gasteiger partial charge on any atom is -0.497 e. The zero-order valence-electron chi connectivity index (χ0n) is 12.1. The van der Waals surface area contributed by atoms with Crippen LogP contribution in [0, 0.1) is 0 Å². The van der Waals surface area contributed by atoms with E-state index < -0.39 is 0 Å². The molecule has 2 heteroatoms. The van der Waals surface area contributed by atoms with E-state index in [0.29, 0.717) is 12.0 Å². The van der Waals surface area contributed by atoms with Gasteiger partial charge in [-0.3, -0.25) is 0 Å². The number of nitrogens with one attached hydrogen (secondary N) is 1. The van der Waals surface area contributed by atoms with Crippen LogP contribution in [0.25, 0.3) is 0 Å². The van der Waals surface area contributed by atoms with Crippen molar-refractivity contribution in [2.45, 2.75) is 24.8 Å². The molecule has 0 saturated heterocycles. The predicted molar refractivity (Wildman–Crippen MR) is 82.3 cm³/mol. The first-order valence-electron chi connectivity index (χ1n) is 7.21. The molecule has 0 fully saturated rings. The number of hydrogen-bond donors (Lipinski definition) is 1. The molecule has 3 rings (SSSR count). The molecule has 104 valence electrons. The maximum atomic E-state index is 5.32. The minimum absolute atomic E-state index is 0.378. The summed E-state index contributed by atoms with van der Waals surface area (Å²) in [4.78, 5) is 0. The van der Waals surface area contributed by atoms with Crippen molar-refractivity contribution in [3.8, 4) is 5.75 Å². The normalized spacial score (nSPS) is 18.0. The predicted octanol–water partition coefficient (Wildman–Crippen LogP) is 3.69. The Bertz CT molecular complexity index is 593. The average molecular weight is 267 g/mol. The highest BCUT2D eigenvalue weighted by atomic mass is 16.5. The zero-order valence-corrected chi connectivity index (χ0v) is 12.1. The number of methoxy groups -OCH3 is 1. The maximum absolute atomic E-state index is 5.32. The lowest BCUT2D eigenvalue weighted by molar-refractivity contribution is 0.410. The fraction of sp³-hybridized carbons (Fsp3) is 0.333. The van der Waals surface area contributed by atoms with Crippen molar-refractivity contribution < 1.29 is 4.74 Å². The summed E-state index contributed by atoms with van der Waals surface area (Å²) in [5.41, 5.74) is 4.34. The molecule has 20 heavy (non-hydrogen) atoms. The lowest BCUT2D eigenvalue weighted by atomic mass is 9.74. The summed E-state index contributed by atoms with van der Waals surface area (Å²) in [6.45, 7) is 0. The van der Waals surface area contributed by atoms with E-state index in [2.05, 4.69) is 47.8 Å². The molecule has 0 aliphatic heterocycles. The highest BCUT2D eigenvalue weighted by Crippen LogP contribution is 2.40. The van der Waals surface area contributed by atoms with E-state index in [-0.39, 0.29) is 0 Å². The van der Waals surface area contributed by atoms with Crippen molar-refractivity contribution >= 4 is 0 Å². The van der Waals surface area contributed by atoms with Gasteiger partial charge in [0.05, 0.1) is 7.11 Å². The van der Waals surface area contributed by atoms with E-state index in [1.807, 2.05) is 13.1 Å². The molecule has 1 aliphatic carbocycles. The van der Waals surface area contributed by atoms with Crippen LogP contribution >= 0.6 is 0 Å². The summed E-state index contributed by atoms with van der Waals surface area (Å²) in [7, 11) is 3.75. The number of ether oxygens (including phenoxy) is 1. The average Bonchev–Trinajstić information content (AvgIpc) is 2.48. The van der Waals surface area contributed by atoms with Gasteiger partial charge in [0.25, 0.3) is 0 Å². The Hall–Kier alpha value is -1.80. The Morgan fingerprint density at radius 1 is 1.20 bits per heavy atom. The van der Waals surface area contributed by atoms with Crippen LogP contribution in [0.4, 0.5) is 0 Å². The van der Waals surface area contributed by atoms with E-state index in [4.69, 9.17) is 4.74 Å². The zero-order chi connectivity index (χ0) is 13.9. The Kier molecular flexibility index (Phi) is 3.75. The second kappa shape index (κ2) is 5.68. The number of rotatable bonds is 5. The quantitative estimate of drug-likeness (QED) is 0.892. The first-order chi connectivity index (χ1) is 9.81. The van der Waals surface area contributed by atoms with E-state index in [9.17, 15) is 0 Å². The third-order valence-corrected chi connectivity index (χ3v) is 4.33. The summed E-state index contributed by atoms with van der Waals surface area (Å²) in [6, 6.07) is 17.5. The Morgan fingerprint density at radius 2 is 2.05 bits per heavy atom. The second-order valence-electron chi connectivity index (χ2n) is 5.45. The monoisotopic (exact) mass is 267 g/mol. The van der Waals surface area contributed by atoms with Crippen LogP contribution in [0.1, 0.15) is 35.1 Å². The van der Waals surface area contributed by atoms with Gasteiger partial charge in [0.2, 0.25) is 0 Å². The molecular formula is C18H21NO. The molecule has 2 atom stereocenters. The summed E-state index contributed by atoms with van der Waals surface area (Å²) < 4.78 is 5.32. The van der Waals surface area contributed by atoms with Gasteiger partial charge >= 0.3 is 0 Å². The van der Waals surface area contributed by atoms with Gasteiger partial charge in [0.15, 0.2) is 0 Å². The van der Waals surface area contributed by atoms with Crippen LogP contribution in [0.15, 0.2) is 48.5 Å². The molecule has 0 bridgehead atoms. The first-order valence-corrected chi connectivity index (χ1v) is 7.21. The van der Waals surface area contributed by atoms with E-state index >= 15 is 0 Å². The molecule has 1 aliphatic rings. The van der Waals surface area contributed by atoms with E-state index in [1.54, 1.807) is 7.11 Å². The van der Waals surface area contributed by atoms with Gasteiger partial charge in [-0.2, -0.15) is 0 Å². The van der Waals surface area contributed by atoms with Crippen molar-refractivity contribution in [2.24, 2.45) is 0 Å². The molecule has 2 aromatic carbocycles. The van der Waals surface area contributed by atoms with Crippen LogP contribution in [0.5, 0.6) is 5.75 Å². The fourth-order valence-corrected chi connectivity index (χ4v) is 3.14. The Morgan fingerprint density at radius 3 is 2.80 bits per heavy atom. The third kappa shape index (κ3) is 2.44. The highest BCUT2D eigenvalue weighted by molar-refractivity contribution is 5.40. The molecule has 0 radical (unpaired) electrons. The molecule has 2 nitrogen and oxygen atoms in total. The van der Waals surface area contributed by atoms with Crippen molar-refractivity contribution in [1.29, 1.82) is 0 Å². The smallest absolute Gasteiger partial charge is 0.119 e. The minimum atomic E-state index is 0.378. The molecule has 0 spiro atoms. The van der Waals surface area contributed by atoms with Gasteiger partial charge < -0.3 is 10.1 Å². The van der Waals surface area contributed by atoms with Crippen molar-refractivity contribution in [3.63, 3.8) is 0 Å². The molecule has 0 aromatic heterocycles. The topological polar surface area (TPSA) is 21.3 Å². The molecular weight excluding hydrogens is 246 g/mol. The van der Waals surface area contributed by atoms with Gasteiger partial charge in [-0.15, -0.1) is 0 Å². The van der Waals surface area contributed by atoms with Gasteiger partial charge in [-0.25, -0.2) is 0 Å². The van der Waals surface area contributed by atoms with Crippen LogP contribution < -0.4 is 10.1 Å². The fourth-order valence-electron chi connectivity index (χ4n) is 3.14. The van der Waals surface area contributed by atoms with Crippen molar-refractivity contribution in [2.75, 3.05) is 14.2 Å². The Balaban J connectivity index is 1.75. The summed E-state index contributed by atoms with van der Waals surface area (Å²) in [6.07, 6.45) is 2.35. The summed E-state index contributed by atoms with van der Waals surface area (Å²) in [5, 5.41) is 3.44. The van der Waals surface area contributed by atoms with E-state index in [1.165, 1.54) is 23.1 Å². The second-order valence-corrected chi connectivity index (χ2v) is 5.45. The Labute approximate surface area is 120 Å². The molecule has 1 N–H and O–H groups in total. The van der Waals surface area contributed by atoms with Crippen LogP contribution in [0.2, 0.25) is 0 Å². The number of hydrogen-bond acceptors (Lipinski definition) is 2.